The number of carbonyl (C=O) groups is 3. The molecule has 0 bridgehead atoms. The van der Waals surface area contributed by atoms with Crippen LogP contribution in [-0.4, -0.2) is 86.8 Å². The summed E-state index contributed by atoms with van der Waals surface area (Å²) < 4.78 is 0. The highest BCUT2D eigenvalue weighted by atomic mass is 35.5. The van der Waals surface area contributed by atoms with Gasteiger partial charge in [-0.2, -0.15) is 5.01 Å². The molecule has 2 saturated heterocycles. The number of carbonyl (C=O) groups excluding carboxylic acids is 3. The zero-order valence-corrected chi connectivity index (χ0v) is 27.2. The van der Waals surface area contributed by atoms with Gasteiger partial charge in [-0.1, -0.05) is 96.6 Å². The van der Waals surface area contributed by atoms with Gasteiger partial charge >= 0.3 is 6.03 Å². The Morgan fingerprint density at radius 3 is 2.57 bits per heavy atom. The number of hydrogen-bond acceptors (Lipinski definition) is 4. The van der Waals surface area contributed by atoms with Crippen molar-refractivity contribution in [2.45, 2.75) is 42.9 Å². The number of amides is 4. The topological polar surface area (TPSA) is 76.2 Å². The first-order valence-electron chi connectivity index (χ1n) is 15.5. The molecule has 46 heavy (non-hydrogen) atoms. The fraction of sp³-hybridized carbons (Fsp3) is 0.306. The summed E-state index contributed by atoms with van der Waals surface area (Å²) in [5, 5.41) is 7.74. The summed E-state index contributed by atoms with van der Waals surface area (Å²) in [6.45, 7) is 6.90. The number of urea groups is 1. The molecule has 4 atom stereocenters. The van der Waals surface area contributed by atoms with Crippen LogP contribution in [0.3, 0.4) is 0 Å². The minimum absolute atomic E-state index is 0.0357. The number of hydrazine groups is 1. The van der Waals surface area contributed by atoms with Gasteiger partial charge in [0.15, 0.2) is 0 Å². The molecule has 0 radical (unpaired) electrons. The number of nitrogens with one attached hydrogen (secondary N) is 1. The predicted octanol–water partition coefficient (Wildman–Crippen LogP) is 5.40. The van der Waals surface area contributed by atoms with Crippen molar-refractivity contribution < 1.29 is 14.4 Å². The lowest BCUT2D eigenvalue weighted by molar-refractivity contribution is -0.157. The zero-order valence-electron chi connectivity index (χ0n) is 25.7. The summed E-state index contributed by atoms with van der Waals surface area (Å²) in [5.41, 5.74) is 3.95. The summed E-state index contributed by atoms with van der Waals surface area (Å²) in [6, 6.07) is 21.1. The molecule has 3 aromatic rings. The normalized spacial score (nSPS) is 23.0. The first-order chi connectivity index (χ1) is 22.2. The Balaban J connectivity index is 1.30. The Bertz CT molecular complexity index is 1700. The third kappa shape index (κ3) is 6.56. The molecule has 1 aliphatic carbocycles. The summed E-state index contributed by atoms with van der Waals surface area (Å²) in [6.07, 6.45) is 6.94. The van der Waals surface area contributed by atoms with E-state index in [-0.39, 0.29) is 54.8 Å². The lowest BCUT2D eigenvalue weighted by Crippen LogP contribution is -2.66. The maximum atomic E-state index is 14.3. The van der Waals surface area contributed by atoms with E-state index in [1.165, 1.54) is 5.01 Å². The molecule has 0 saturated carbocycles. The Hall–Kier alpha value is -4.11. The minimum Gasteiger partial charge on any atom is -0.333 e. The van der Waals surface area contributed by atoms with Crippen molar-refractivity contribution in [1.82, 2.24) is 25.1 Å². The molecular weight excluding hydrogens is 621 g/mol. The molecule has 6 rings (SSSR count). The fourth-order valence-electron chi connectivity index (χ4n) is 6.46. The number of alkyl halides is 2. The van der Waals surface area contributed by atoms with E-state index in [1.54, 1.807) is 22.1 Å². The van der Waals surface area contributed by atoms with Crippen LogP contribution in [0.2, 0.25) is 0 Å². The highest BCUT2D eigenvalue weighted by Crippen LogP contribution is 2.31. The van der Waals surface area contributed by atoms with Crippen molar-refractivity contribution in [1.29, 1.82) is 0 Å². The number of nitrogens with zero attached hydrogens (tertiary/aromatic N) is 4. The molecular formula is C36H37Cl2N5O3. The van der Waals surface area contributed by atoms with Gasteiger partial charge in [0.2, 0.25) is 11.8 Å². The lowest BCUT2D eigenvalue weighted by Gasteiger charge is -2.46. The maximum absolute atomic E-state index is 14.3. The Kier molecular flexibility index (Phi) is 9.49. The van der Waals surface area contributed by atoms with Crippen LogP contribution in [0.25, 0.3) is 10.8 Å². The number of benzene rings is 3. The molecule has 2 fully saturated rings. The monoisotopic (exact) mass is 657 g/mol. The second-order valence-electron chi connectivity index (χ2n) is 12.0. The smallest absolute Gasteiger partial charge is 0.332 e. The van der Waals surface area contributed by atoms with Crippen LogP contribution in [0.15, 0.2) is 103 Å². The van der Waals surface area contributed by atoms with E-state index in [2.05, 4.69) is 30.1 Å². The average Bonchev–Trinajstić information content (AvgIpc) is 3.38. The minimum atomic E-state index is -0.718. The van der Waals surface area contributed by atoms with Gasteiger partial charge in [0.25, 0.3) is 0 Å². The van der Waals surface area contributed by atoms with Gasteiger partial charge < -0.3 is 15.1 Å². The van der Waals surface area contributed by atoms with Crippen molar-refractivity contribution >= 4 is 51.8 Å². The molecule has 238 valence electrons. The number of allylic oxidation sites excluding steroid dienone is 2. The Morgan fingerprint density at radius 1 is 1.04 bits per heavy atom. The molecule has 3 aromatic carbocycles. The van der Waals surface area contributed by atoms with E-state index in [4.69, 9.17) is 23.2 Å². The maximum Gasteiger partial charge on any atom is 0.332 e. The second-order valence-corrected chi connectivity index (χ2v) is 13.0. The van der Waals surface area contributed by atoms with E-state index in [0.717, 1.165) is 33.0 Å². The standard InChI is InChI=1S/C36H37Cl2N5O3/c1-3-17-41(36(46)39-20-26-15-16-30(37)31(38)18-26)42-23-34(44)43-32(19-25-13-11-24(2)12-14-25)35(45)40(22-33(42)43)21-28-9-6-8-27-7-4-5-10-29(27)28/h3-16,18,30-33H,1,17,19-23H2,2H3,(H,39,46)/t30?,31?,32-,33+/m0/s1. The average molecular weight is 659 g/mol. The van der Waals surface area contributed by atoms with Crippen LogP contribution < -0.4 is 5.32 Å². The number of rotatable bonds is 9. The van der Waals surface area contributed by atoms with Crippen LogP contribution >= 0.6 is 23.2 Å². The molecule has 2 aliphatic heterocycles. The van der Waals surface area contributed by atoms with Crippen molar-refractivity contribution in [2.24, 2.45) is 0 Å². The fourth-order valence-corrected chi connectivity index (χ4v) is 6.85. The number of halogens is 2. The number of aryl methyl sites for hydroxylation is 1. The van der Waals surface area contributed by atoms with Gasteiger partial charge in [0.1, 0.15) is 12.2 Å². The first kappa shape index (κ1) is 31.9. The number of fused-ring (bicyclic) bond motifs is 2. The predicted molar refractivity (Wildman–Crippen MR) is 182 cm³/mol. The Morgan fingerprint density at radius 2 is 1.80 bits per heavy atom. The molecule has 3 aliphatic rings. The van der Waals surface area contributed by atoms with E-state index >= 15 is 0 Å². The van der Waals surface area contributed by atoms with Crippen LogP contribution in [0.4, 0.5) is 4.79 Å². The summed E-state index contributed by atoms with van der Waals surface area (Å²) in [5.74, 6) is -0.304. The molecule has 10 heteroatoms. The van der Waals surface area contributed by atoms with Crippen LogP contribution in [0.5, 0.6) is 0 Å². The van der Waals surface area contributed by atoms with Gasteiger partial charge in [-0.25, -0.2) is 4.79 Å². The third-order valence-electron chi connectivity index (χ3n) is 8.82. The van der Waals surface area contributed by atoms with E-state index in [0.29, 0.717) is 13.0 Å². The number of hydrogen-bond donors (Lipinski definition) is 1. The van der Waals surface area contributed by atoms with E-state index < -0.39 is 12.2 Å². The van der Waals surface area contributed by atoms with E-state index in [1.807, 2.05) is 72.5 Å². The number of piperazine rings is 1. The molecule has 2 unspecified atom stereocenters. The van der Waals surface area contributed by atoms with Crippen LogP contribution in [0, 0.1) is 6.92 Å². The Labute approximate surface area is 279 Å². The van der Waals surface area contributed by atoms with E-state index in [9.17, 15) is 14.4 Å². The first-order valence-corrected chi connectivity index (χ1v) is 16.3. The largest absolute Gasteiger partial charge is 0.333 e. The van der Waals surface area contributed by atoms with Crippen molar-refractivity contribution in [3.63, 3.8) is 0 Å². The van der Waals surface area contributed by atoms with Gasteiger partial charge in [0, 0.05) is 19.5 Å². The molecule has 1 N–H and O–H groups in total. The van der Waals surface area contributed by atoms with Crippen molar-refractivity contribution in [3.05, 3.63) is 120 Å². The van der Waals surface area contributed by atoms with Gasteiger partial charge in [-0.05, 0) is 34.4 Å². The lowest BCUT2D eigenvalue weighted by atomic mass is 9.98. The second kappa shape index (κ2) is 13.7. The molecule has 0 aromatic heterocycles. The summed E-state index contributed by atoms with van der Waals surface area (Å²) in [7, 11) is 0. The highest BCUT2D eigenvalue weighted by Gasteiger charge is 2.52. The van der Waals surface area contributed by atoms with Gasteiger partial charge in [0.05, 0.1) is 30.4 Å². The molecule has 8 nitrogen and oxygen atoms in total. The third-order valence-corrected chi connectivity index (χ3v) is 9.76. The van der Waals surface area contributed by atoms with Gasteiger partial charge in [-0.15, -0.1) is 29.8 Å². The molecule has 0 spiro atoms. The van der Waals surface area contributed by atoms with Crippen molar-refractivity contribution in [3.8, 4) is 0 Å². The quantitative estimate of drug-likeness (QED) is 0.247. The van der Waals surface area contributed by atoms with Crippen molar-refractivity contribution in [2.75, 3.05) is 26.2 Å². The summed E-state index contributed by atoms with van der Waals surface area (Å²) >= 11 is 12.5. The highest BCUT2D eigenvalue weighted by molar-refractivity contribution is 6.31. The zero-order chi connectivity index (χ0) is 32.4. The van der Waals surface area contributed by atoms with Gasteiger partial charge in [-0.3, -0.25) is 14.6 Å². The SMILES string of the molecule is C=CCN(C(=O)NCC1=CC(Cl)C(Cl)C=C1)N1CC(=O)N2[C@@H](Cc3ccc(C)cc3)C(=O)N(Cc3cccc4ccccc34)C[C@@H]21. The summed E-state index contributed by atoms with van der Waals surface area (Å²) in [4.78, 5) is 45.2. The molecule has 4 amide bonds. The van der Waals surface area contributed by atoms with Crippen LogP contribution in [0.1, 0.15) is 16.7 Å². The van der Waals surface area contributed by atoms with Crippen LogP contribution in [-0.2, 0) is 22.6 Å². The molecule has 2 heterocycles.